The van der Waals surface area contributed by atoms with Crippen molar-refractivity contribution < 1.29 is 4.74 Å². The highest BCUT2D eigenvalue weighted by molar-refractivity contribution is 9.10. The molecule has 0 saturated heterocycles. The summed E-state index contributed by atoms with van der Waals surface area (Å²) in [6, 6.07) is 12.1. The van der Waals surface area contributed by atoms with Crippen LogP contribution in [0.25, 0.3) is 0 Å². The second-order valence-corrected chi connectivity index (χ2v) is 6.32. The summed E-state index contributed by atoms with van der Waals surface area (Å²) in [4.78, 5) is 0. The third kappa shape index (κ3) is 4.22. The molecular weight excluding hydrogens is 350 g/mol. The molecular formula is C17H19BrClNO. The van der Waals surface area contributed by atoms with Crippen LogP contribution in [-0.2, 0) is 0 Å². The Hall–Kier alpha value is -1.03. The maximum absolute atomic E-state index is 6.23. The zero-order chi connectivity index (χ0) is 15.4. The van der Waals surface area contributed by atoms with E-state index in [9.17, 15) is 0 Å². The molecule has 0 fully saturated rings. The summed E-state index contributed by atoms with van der Waals surface area (Å²) in [6.45, 7) is 7.14. The summed E-state index contributed by atoms with van der Waals surface area (Å²) in [5, 5.41) is 4.02. The lowest BCUT2D eigenvalue weighted by Crippen LogP contribution is -2.18. The summed E-state index contributed by atoms with van der Waals surface area (Å²) in [5.74, 6) is 1.49. The lowest BCUT2D eigenvalue weighted by atomic mass is 10.1. The van der Waals surface area contributed by atoms with Crippen LogP contribution in [-0.4, -0.2) is 6.54 Å². The number of ether oxygens (including phenoxy) is 1. The van der Waals surface area contributed by atoms with E-state index in [1.165, 1.54) is 0 Å². The quantitative estimate of drug-likeness (QED) is 0.712. The molecule has 0 heterocycles. The zero-order valence-electron chi connectivity index (χ0n) is 12.4. The highest BCUT2D eigenvalue weighted by atomic mass is 79.9. The molecule has 0 aliphatic carbocycles. The molecule has 2 rings (SSSR count). The van der Waals surface area contributed by atoms with Crippen molar-refractivity contribution in [2.24, 2.45) is 0 Å². The SMILES string of the molecule is CCNC(C)c1ccc(Br)cc1Oc1cc(C)ccc1Cl. The van der Waals surface area contributed by atoms with Crippen LogP contribution in [0, 0.1) is 6.92 Å². The maximum atomic E-state index is 6.23. The predicted octanol–water partition coefficient (Wildman–Crippen LogP) is 5.87. The first-order valence-corrected chi connectivity index (χ1v) is 8.15. The second-order valence-electron chi connectivity index (χ2n) is 5.00. The van der Waals surface area contributed by atoms with Crippen molar-refractivity contribution in [1.82, 2.24) is 5.32 Å². The lowest BCUT2D eigenvalue weighted by Gasteiger charge is -2.18. The first-order valence-electron chi connectivity index (χ1n) is 6.98. The Morgan fingerprint density at radius 2 is 1.95 bits per heavy atom. The molecule has 0 bridgehead atoms. The largest absolute Gasteiger partial charge is 0.455 e. The van der Waals surface area contributed by atoms with E-state index in [0.29, 0.717) is 10.8 Å². The van der Waals surface area contributed by atoms with E-state index >= 15 is 0 Å². The van der Waals surface area contributed by atoms with E-state index in [1.807, 2.05) is 37.3 Å². The van der Waals surface area contributed by atoms with Gasteiger partial charge in [-0.3, -0.25) is 0 Å². The van der Waals surface area contributed by atoms with Crippen molar-refractivity contribution in [1.29, 1.82) is 0 Å². The van der Waals surface area contributed by atoms with Gasteiger partial charge in [0.2, 0.25) is 0 Å². The number of hydrogen-bond donors (Lipinski definition) is 1. The Kier molecular flexibility index (Phi) is 5.68. The van der Waals surface area contributed by atoms with Crippen molar-refractivity contribution in [3.8, 4) is 11.5 Å². The summed E-state index contributed by atoms with van der Waals surface area (Å²) in [5.41, 5.74) is 2.23. The second kappa shape index (κ2) is 7.30. The van der Waals surface area contributed by atoms with Crippen LogP contribution in [0.15, 0.2) is 40.9 Å². The fraction of sp³-hybridized carbons (Fsp3) is 0.294. The Morgan fingerprint density at radius 1 is 1.19 bits per heavy atom. The van der Waals surface area contributed by atoms with Crippen LogP contribution in [0.5, 0.6) is 11.5 Å². The van der Waals surface area contributed by atoms with Gasteiger partial charge in [0, 0.05) is 16.1 Å². The van der Waals surface area contributed by atoms with Gasteiger partial charge in [0.25, 0.3) is 0 Å². The summed E-state index contributed by atoms with van der Waals surface area (Å²) in [7, 11) is 0. The molecule has 2 nitrogen and oxygen atoms in total. The van der Waals surface area contributed by atoms with Crippen molar-refractivity contribution in [3.63, 3.8) is 0 Å². The molecule has 1 unspecified atom stereocenters. The smallest absolute Gasteiger partial charge is 0.146 e. The molecule has 0 spiro atoms. The summed E-state index contributed by atoms with van der Waals surface area (Å²) in [6.07, 6.45) is 0. The van der Waals surface area contributed by atoms with Gasteiger partial charge in [-0.1, -0.05) is 46.6 Å². The highest BCUT2D eigenvalue weighted by Crippen LogP contribution is 2.35. The van der Waals surface area contributed by atoms with E-state index in [2.05, 4.69) is 41.2 Å². The van der Waals surface area contributed by atoms with Gasteiger partial charge in [-0.15, -0.1) is 0 Å². The number of rotatable bonds is 5. The van der Waals surface area contributed by atoms with E-state index < -0.39 is 0 Å². The normalized spacial score (nSPS) is 12.2. The molecule has 0 aromatic heterocycles. The Balaban J connectivity index is 2.38. The van der Waals surface area contributed by atoms with Crippen LogP contribution < -0.4 is 10.1 Å². The first kappa shape index (κ1) is 16.3. The fourth-order valence-corrected chi connectivity index (χ4v) is 2.67. The van der Waals surface area contributed by atoms with Crippen LogP contribution in [0.1, 0.15) is 31.0 Å². The number of halogens is 2. The molecule has 0 aliphatic heterocycles. The minimum absolute atomic E-state index is 0.210. The number of aryl methyl sites for hydroxylation is 1. The fourth-order valence-electron chi connectivity index (χ4n) is 2.18. The zero-order valence-corrected chi connectivity index (χ0v) is 14.8. The van der Waals surface area contributed by atoms with Gasteiger partial charge in [-0.2, -0.15) is 0 Å². The average molecular weight is 369 g/mol. The van der Waals surface area contributed by atoms with Crippen LogP contribution in [0.2, 0.25) is 5.02 Å². The van der Waals surface area contributed by atoms with Crippen LogP contribution in [0.3, 0.4) is 0 Å². The standard InChI is InChI=1S/C17H19BrClNO/c1-4-20-12(3)14-7-6-13(18)10-16(14)21-17-9-11(2)5-8-15(17)19/h5-10,12,20H,4H2,1-3H3. The Bertz CT molecular complexity index is 630. The Labute approximate surface area is 139 Å². The Morgan fingerprint density at radius 3 is 2.67 bits per heavy atom. The summed E-state index contributed by atoms with van der Waals surface area (Å²) >= 11 is 9.72. The van der Waals surface area contributed by atoms with E-state index in [-0.39, 0.29) is 6.04 Å². The van der Waals surface area contributed by atoms with Gasteiger partial charge in [0.15, 0.2) is 0 Å². The molecule has 21 heavy (non-hydrogen) atoms. The van der Waals surface area contributed by atoms with Gasteiger partial charge in [-0.05, 0) is 50.2 Å². The van der Waals surface area contributed by atoms with E-state index in [0.717, 1.165) is 27.9 Å². The number of hydrogen-bond acceptors (Lipinski definition) is 2. The van der Waals surface area contributed by atoms with Gasteiger partial charge in [0.1, 0.15) is 11.5 Å². The van der Waals surface area contributed by atoms with Crippen molar-refractivity contribution in [3.05, 3.63) is 57.0 Å². The third-order valence-electron chi connectivity index (χ3n) is 3.26. The van der Waals surface area contributed by atoms with Gasteiger partial charge >= 0.3 is 0 Å². The van der Waals surface area contributed by atoms with Crippen molar-refractivity contribution in [2.45, 2.75) is 26.8 Å². The number of nitrogens with one attached hydrogen (secondary N) is 1. The van der Waals surface area contributed by atoms with Gasteiger partial charge < -0.3 is 10.1 Å². The van der Waals surface area contributed by atoms with Crippen LogP contribution >= 0.6 is 27.5 Å². The topological polar surface area (TPSA) is 21.3 Å². The van der Waals surface area contributed by atoms with Crippen molar-refractivity contribution >= 4 is 27.5 Å². The van der Waals surface area contributed by atoms with E-state index in [4.69, 9.17) is 16.3 Å². The van der Waals surface area contributed by atoms with Gasteiger partial charge in [0.05, 0.1) is 5.02 Å². The number of benzene rings is 2. The molecule has 1 atom stereocenters. The average Bonchev–Trinajstić information content (AvgIpc) is 2.43. The molecule has 0 saturated carbocycles. The van der Waals surface area contributed by atoms with Gasteiger partial charge in [-0.25, -0.2) is 0 Å². The monoisotopic (exact) mass is 367 g/mol. The highest BCUT2D eigenvalue weighted by Gasteiger charge is 2.13. The van der Waals surface area contributed by atoms with Crippen LogP contribution in [0.4, 0.5) is 0 Å². The molecule has 2 aromatic rings. The molecule has 4 heteroatoms. The predicted molar refractivity (Wildman–Crippen MR) is 92.5 cm³/mol. The molecule has 1 N–H and O–H groups in total. The minimum Gasteiger partial charge on any atom is -0.455 e. The summed E-state index contributed by atoms with van der Waals surface area (Å²) < 4.78 is 7.05. The molecule has 0 aliphatic rings. The molecule has 0 amide bonds. The van der Waals surface area contributed by atoms with E-state index in [1.54, 1.807) is 0 Å². The maximum Gasteiger partial charge on any atom is 0.146 e. The lowest BCUT2D eigenvalue weighted by molar-refractivity contribution is 0.462. The molecule has 112 valence electrons. The van der Waals surface area contributed by atoms with Crippen molar-refractivity contribution in [2.75, 3.05) is 6.54 Å². The molecule has 2 aromatic carbocycles. The first-order chi connectivity index (χ1) is 10.0. The third-order valence-corrected chi connectivity index (χ3v) is 4.06. The molecule has 0 radical (unpaired) electrons. The minimum atomic E-state index is 0.210.